The SMILES string of the molecule is Cc1c(O)c(C2(C=O)C=CC=CC2)nn1CC(C)C. The highest BCUT2D eigenvalue weighted by molar-refractivity contribution is 5.74. The van der Waals surface area contributed by atoms with Gasteiger partial charge in [0.05, 0.1) is 11.1 Å². The molecule has 1 atom stereocenters. The highest BCUT2D eigenvalue weighted by atomic mass is 16.3. The van der Waals surface area contributed by atoms with E-state index in [1.54, 1.807) is 10.8 Å². The van der Waals surface area contributed by atoms with Crippen molar-refractivity contribution in [2.24, 2.45) is 5.92 Å². The second-order valence-electron chi connectivity index (χ2n) is 5.51. The second-order valence-corrected chi connectivity index (χ2v) is 5.51. The third-order valence-electron chi connectivity index (χ3n) is 3.46. The van der Waals surface area contributed by atoms with Crippen LogP contribution in [0.3, 0.4) is 0 Å². The van der Waals surface area contributed by atoms with Gasteiger partial charge in [-0.25, -0.2) is 0 Å². The number of aldehydes is 1. The lowest BCUT2D eigenvalue weighted by Crippen LogP contribution is -2.27. The Labute approximate surface area is 113 Å². The van der Waals surface area contributed by atoms with Gasteiger partial charge in [0.2, 0.25) is 0 Å². The molecule has 2 rings (SSSR count). The molecule has 1 N–H and O–H groups in total. The van der Waals surface area contributed by atoms with Crippen LogP contribution in [0, 0.1) is 12.8 Å². The Kier molecular flexibility index (Phi) is 3.60. The summed E-state index contributed by atoms with van der Waals surface area (Å²) in [5.41, 5.74) is 0.348. The molecule has 0 spiro atoms. The molecule has 0 radical (unpaired) electrons. The topological polar surface area (TPSA) is 55.1 Å². The van der Waals surface area contributed by atoms with Gasteiger partial charge in [-0.15, -0.1) is 0 Å². The molecule has 1 aromatic rings. The average Bonchev–Trinajstić information content (AvgIpc) is 2.68. The fourth-order valence-corrected chi connectivity index (χ4v) is 2.33. The van der Waals surface area contributed by atoms with Gasteiger partial charge >= 0.3 is 0 Å². The first-order valence-corrected chi connectivity index (χ1v) is 6.57. The molecule has 1 heterocycles. The first kappa shape index (κ1) is 13.6. The summed E-state index contributed by atoms with van der Waals surface area (Å²) in [4.78, 5) is 11.5. The summed E-state index contributed by atoms with van der Waals surface area (Å²) >= 11 is 0. The summed E-state index contributed by atoms with van der Waals surface area (Å²) in [6.07, 6.45) is 8.86. The molecule has 102 valence electrons. The molecule has 4 nitrogen and oxygen atoms in total. The summed E-state index contributed by atoms with van der Waals surface area (Å²) in [6.45, 7) is 6.75. The fourth-order valence-electron chi connectivity index (χ4n) is 2.33. The number of aromatic hydroxyl groups is 1. The minimum atomic E-state index is -0.828. The summed E-state index contributed by atoms with van der Waals surface area (Å²) < 4.78 is 1.78. The van der Waals surface area contributed by atoms with E-state index in [2.05, 4.69) is 18.9 Å². The fraction of sp³-hybridized carbons (Fsp3) is 0.467. The van der Waals surface area contributed by atoms with Gasteiger partial charge in [-0.1, -0.05) is 38.2 Å². The van der Waals surface area contributed by atoms with Crippen molar-refractivity contribution in [2.45, 2.75) is 39.2 Å². The van der Waals surface area contributed by atoms with Crippen LogP contribution in [0.25, 0.3) is 0 Å². The Balaban J connectivity index is 2.47. The maximum atomic E-state index is 11.5. The Morgan fingerprint density at radius 3 is 2.79 bits per heavy atom. The van der Waals surface area contributed by atoms with Gasteiger partial charge in [0.1, 0.15) is 12.0 Å². The standard InChI is InChI=1S/C15H20N2O2/c1-11(2)9-17-12(3)13(19)14(16-17)15(10-18)7-5-4-6-8-15/h4-7,10-11,19H,8-9H2,1-3H3. The van der Waals surface area contributed by atoms with Gasteiger partial charge in [-0.2, -0.15) is 5.10 Å². The van der Waals surface area contributed by atoms with Crippen LogP contribution in [0.15, 0.2) is 24.3 Å². The van der Waals surface area contributed by atoms with Crippen molar-refractivity contribution in [3.63, 3.8) is 0 Å². The van der Waals surface area contributed by atoms with Gasteiger partial charge in [-0.05, 0) is 19.3 Å². The minimum Gasteiger partial charge on any atom is -0.504 e. The number of aromatic nitrogens is 2. The van der Waals surface area contributed by atoms with E-state index in [-0.39, 0.29) is 5.75 Å². The maximum Gasteiger partial charge on any atom is 0.161 e. The Morgan fingerprint density at radius 1 is 1.53 bits per heavy atom. The lowest BCUT2D eigenvalue weighted by molar-refractivity contribution is -0.111. The van der Waals surface area contributed by atoms with Crippen LogP contribution in [0.2, 0.25) is 0 Å². The number of nitrogens with zero attached hydrogens (tertiary/aromatic N) is 2. The van der Waals surface area contributed by atoms with Crippen molar-refractivity contribution in [1.29, 1.82) is 0 Å². The molecule has 0 aliphatic heterocycles. The lowest BCUT2D eigenvalue weighted by atomic mass is 9.79. The number of allylic oxidation sites excluding steroid dienone is 4. The summed E-state index contributed by atoms with van der Waals surface area (Å²) in [7, 11) is 0. The first-order chi connectivity index (χ1) is 9.00. The number of rotatable bonds is 4. The summed E-state index contributed by atoms with van der Waals surface area (Å²) in [5.74, 6) is 0.563. The molecule has 0 aromatic carbocycles. The number of carbonyl (C=O) groups is 1. The van der Waals surface area contributed by atoms with E-state index >= 15 is 0 Å². The van der Waals surface area contributed by atoms with E-state index in [1.165, 1.54) is 0 Å². The van der Waals surface area contributed by atoms with E-state index in [9.17, 15) is 9.90 Å². The molecule has 1 unspecified atom stereocenters. The van der Waals surface area contributed by atoms with Crippen molar-refractivity contribution in [3.8, 4) is 5.75 Å². The molecule has 1 aliphatic rings. The average molecular weight is 260 g/mol. The summed E-state index contributed by atoms with van der Waals surface area (Å²) in [5, 5.41) is 14.7. The quantitative estimate of drug-likeness (QED) is 0.846. The Bertz CT molecular complexity index is 541. The molecule has 1 aromatic heterocycles. The molecule has 19 heavy (non-hydrogen) atoms. The first-order valence-electron chi connectivity index (χ1n) is 6.57. The zero-order valence-corrected chi connectivity index (χ0v) is 11.6. The van der Waals surface area contributed by atoms with Gasteiger partial charge < -0.3 is 9.90 Å². The number of hydrogen-bond donors (Lipinski definition) is 1. The molecule has 0 saturated heterocycles. The van der Waals surface area contributed by atoms with Crippen molar-refractivity contribution in [2.75, 3.05) is 0 Å². The molecule has 0 fully saturated rings. The molecule has 0 bridgehead atoms. The van der Waals surface area contributed by atoms with Crippen molar-refractivity contribution in [1.82, 2.24) is 9.78 Å². The van der Waals surface area contributed by atoms with Crippen molar-refractivity contribution in [3.05, 3.63) is 35.7 Å². The highest BCUT2D eigenvalue weighted by Gasteiger charge is 2.36. The van der Waals surface area contributed by atoms with Crippen LogP contribution >= 0.6 is 0 Å². The van der Waals surface area contributed by atoms with Gasteiger partial charge in [-0.3, -0.25) is 4.68 Å². The summed E-state index contributed by atoms with van der Waals surface area (Å²) in [6, 6.07) is 0. The normalized spacial score (nSPS) is 22.1. The van der Waals surface area contributed by atoms with Crippen LogP contribution in [0.4, 0.5) is 0 Å². The van der Waals surface area contributed by atoms with Crippen molar-refractivity contribution >= 4 is 6.29 Å². The van der Waals surface area contributed by atoms with E-state index in [0.29, 0.717) is 23.7 Å². The van der Waals surface area contributed by atoms with Crippen LogP contribution < -0.4 is 0 Å². The van der Waals surface area contributed by atoms with Crippen LogP contribution in [-0.4, -0.2) is 21.2 Å². The van der Waals surface area contributed by atoms with Gasteiger partial charge in [0.15, 0.2) is 5.75 Å². The zero-order chi connectivity index (χ0) is 14.0. The monoisotopic (exact) mass is 260 g/mol. The lowest BCUT2D eigenvalue weighted by Gasteiger charge is -2.22. The van der Waals surface area contributed by atoms with E-state index < -0.39 is 5.41 Å². The van der Waals surface area contributed by atoms with E-state index in [1.807, 2.05) is 25.2 Å². The smallest absolute Gasteiger partial charge is 0.161 e. The minimum absolute atomic E-state index is 0.132. The Morgan fingerprint density at radius 2 is 2.26 bits per heavy atom. The van der Waals surface area contributed by atoms with E-state index in [4.69, 9.17) is 0 Å². The predicted octanol–water partition coefficient (Wildman–Crippen LogP) is 2.51. The molecular weight excluding hydrogens is 240 g/mol. The maximum absolute atomic E-state index is 11.5. The van der Waals surface area contributed by atoms with Crippen LogP contribution in [0.1, 0.15) is 31.7 Å². The molecule has 1 aliphatic carbocycles. The van der Waals surface area contributed by atoms with Crippen molar-refractivity contribution < 1.29 is 9.90 Å². The number of carbonyl (C=O) groups excluding carboxylic acids is 1. The van der Waals surface area contributed by atoms with Gasteiger partial charge in [0, 0.05) is 6.54 Å². The predicted molar refractivity (Wildman–Crippen MR) is 74.1 cm³/mol. The van der Waals surface area contributed by atoms with Crippen LogP contribution in [-0.2, 0) is 16.8 Å². The second kappa shape index (κ2) is 5.03. The molecule has 0 saturated carbocycles. The number of hydrogen-bond acceptors (Lipinski definition) is 3. The van der Waals surface area contributed by atoms with E-state index in [0.717, 1.165) is 12.8 Å². The third-order valence-corrected chi connectivity index (χ3v) is 3.46. The zero-order valence-electron chi connectivity index (χ0n) is 11.6. The molecular formula is C15H20N2O2. The van der Waals surface area contributed by atoms with Gasteiger partial charge in [0.25, 0.3) is 0 Å². The molecule has 4 heteroatoms. The Hall–Kier alpha value is -1.84. The van der Waals surface area contributed by atoms with Crippen LogP contribution in [0.5, 0.6) is 5.75 Å². The highest BCUT2D eigenvalue weighted by Crippen LogP contribution is 2.37. The third kappa shape index (κ3) is 2.35. The largest absolute Gasteiger partial charge is 0.504 e. The molecule has 0 amide bonds.